The largest absolute Gasteiger partial charge is 0.394 e. The van der Waals surface area contributed by atoms with E-state index in [9.17, 15) is 4.79 Å². The van der Waals surface area contributed by atoms with E-state index in [1.807, 2.05) is 6.92 Å². The number of carbonyl (C=O) groups is 1. The van der Waals surface area contributed by atoms with Crippen LogP contribution >= 0.6 is 0 Å². The molecule has 0 aromatic heterocycles. The number of aliphatic hydroxyl groups is 1. The minimum absolute atomic E-state index is 0.0476. The van der Waals surface area contributed by atoms with Gasteiger partial charge in [-0.25, -0.2) is 0 Å². The average Bonchev–Trinajstić information content (AvgIpc) is 2.03. The lowest BCUT2D eigenvalue weighted by molar-refractivity contribution is -0.124. The van der Waals surface area contributed by atoms with Crippen LogP contribution in [-0.4, -0.2) is 36.9 Å². The van der Waals surface area contributed by atoms with Crippen LogP contribution in [0.15, 0.2) is 0 Å². The summed E-state index contributed by atoms with van der Waals surface area (Å²) in [6.45, 7) is 6.04. The van der Waals surface area contributed by atoms with E-state index in [0.29, 0.717) is 13.0 Å². The molecule has 0 aromatic carbocycles. The van der Waals surface area contributed by atoms with Crippen molar-refractivity contribution in [3.05, 3.63) is 0 Å². The van der Waals surface area contributed by atoms with Crippen LogP contribution in [0.1, 0.15) is 27.2 Å². The molecule has 0 fully saturated rings. The molecular formula is C10H21NO3. The summed E-state index contributed by atoms with van der Waals surface area (Å²) < 4.78 is 4.93. The summed E-state index contributed by atoms with van der Waals surface area (Å²) in [4.78, 5) is 11.4. The molecule has 1 atom stereocenters. The van der Waals surface area contributed by atoms with E-state index in [1.165, 1.54) is 0 Å². The third kappa shape index (κ3) is 5.94. The van der Waals surface area contributed by atoms with Gasteiger partial charge in [-0.3, -0.25) is 4.79 Å². The summed E-state index contributed by atoms with van der Waals surface area (Å²) in [5, 5.41) is 11.7. The Morgan fingerprint density at radius 1 is 1.57 bits per heavy atom. The van der Waals surface area contributed by atoms with Gasteiger partial charge in [-0.1, -0.05) is 6.92 Å². The zero-order valence-corrected chi connectivity index (χ0v) is 9.46. The molecule has 0 aliphatic carbocycles. The van der Waals surface area contributed by atoms with Gasteiger partial charge in [0.1, 0.15) is 0 Å². The molecule has 0 saturated heterocycles. The third-order valence-electron chi connectivity index (χ3n) is 1.86. The second-order valence-electron chi connectivity index (χ2n) is 4.35. The fourth-order valence-electron chi connectivity index (χ4n) is 1.13. The second-order valence-corrected chi connectivity index (χ2v) is 4.35. The molecule has 0 heterocycles. The van der Waals surface area contributed by atoms with Crippen molar-refractivity contribution in [2.24, 2.45) is 5.92 Å². The van der Waals surface area contributed by atoms with Crippen molar-refractivity contribution in [1.29, 1.82) is 0 Å². The quantitative estimate of drug-likeness (QED) is 0.662. The molecule has 2 N–H and O–H groups in total. The Morgan fingerprint density at radius 3 is 2.57 bits per heavy atom. The van der Waals surface area contributed by atoms with Gasteiger partial charge in [0.15, 0.2) is 0 Å². The number of aliphatic hydroxyl groups excluding tert-OH is 1. The summed E-state index contributed by atoms with van der Waals surface area (Å²) in [7, 11) is 1.62. The van der Waals surface area contributed by atoms with Gasteiger partial charge in [0.05, 0.1) is 12.1 Å². The number of ether oxygens (including phenoxy) is 1. The van der Waals surface area contributed by atoms with Crippen molar-refractivity contribution >= 4 is 5.91 Å². The molecule has 0 radical (unpaired) electrons. The molecule has 0 bridgehead atoms. The molecule has 4 heteroatoms. The highest BCUT2D eigenvalue weighted by Crippen LogP contribution is 2.05. The van der Waals surface area contributed by atoms with E-state index in [0.717, 1.165) is 0 Å². The van der Waals surface area contributed by atoms with Crippen LogP contribution < -0.4 is 5.32 Å². The number of nitrogens with one attached hydrogen (secondary N) is 1. The highest BCUT2D eigenvalue weighted by atomic mass is 16.5. The summed E-state index contributed by atoms with van der Waals surface area (Å²) in [6, 6.07) is 0. The van der Waals surface area contributed by atoms with Gasteiger partial charge in [-0.05, 0) is 19.8 Å². The maximum Gasteiger partial charge on any atom is 0.220 e. The normalized spacial score (nSPS) is 13.8. The Bertz CT molecular complexity index is 180. The van der Waals surface area contributed by atoms with Crippen molar-refractivity contribution in [3.8, 4) is 0 Å². The van der Waals surface area contributed by atoms with Crippen LogP contribution in [0.3, 0.4) is 0 Å². The Kier molecular flexibility index (Phi) is 5.72. The highest BCUT2D eigenvalue weighted by molar-refractivity contribution is 5.76. The highest BCUT2D eigenvalue weighted by Gasteiger charge is 2.19. The van der Waals surface area contributed by atoms with Crippen molar-refractivity contribution in [2.75, 3.05) is 20.3 Å². The first-order chi connectivity index (χ1) is 6.41. The average molecular weight is 203 g/mol. The Hall–Kier alpha value is -0.610. The Morgan fingerprint density at radius 2 is 2.14 bits per heavy atom. The van der Waals surface area contributed by atoms with Crippen molar-refractivity contribution in [3.63, 3.8) is 0 Å². The van der Waals surface area contributed by atoms with Crippen molar-refractivity contribution in [1.82, 2.24) is 5.32 Å². The Labute approximate surface area is 85.6 Å². The predicted octanol–water partition coefficient (Wildman–Crippen LogP) is 0.546. The van der Waals surface area contributed by atoms with Crippen LogP contribution in [0.2, 0.25) is 0 Å². The molecule has 4 nitrogen and oxygen atoms in total. The molecule has 0 saturated carbocycles. The Balaban J connectivity index is 3.86. The SMILES string of the molecule is COCC(C)CC(=O)NC(C)(C)CO. The fraction of sp³-hybridized carbons (Fsp3) is 0.900. The molecule has 0 aliphatic heterocycles. The standard InChI is InChI=1S/C10H21NO3/c1-8(6-14-4)5-9(13)11-10(2,3)7-12/h8,12H,5-7H2,1-4H3,(H,11,13). The van der Waals surface area contributed by atoms with Crippen LogP contribution in [0.5, 0.6) is 0 Å². The maximum atomic E-state index is 11.4. The van der Waals surface area contributed by atoms with Crippen LogP contribution in [-0.2, 0) is 9.53 Å². The molecular weight excluding hydrogens is 182 g/mol. The first kappa shape index (κ1) is 13.4. The van der Waals surface area contributed by atoms with Gasteiger partial charge in [-0.2, -0.15) is 0 Å². The minimum atomic E-state index is -0.538. The summed E-state index contributed by atoms with van der Waals surface area (Å²) in [5.41, 5.74) is -0.538. The van der Waals surface area contributed by atoms with Crippen LogP contribution in [0, 0.1) is 5.92 Å². The molecule has 1 unspecified atom stereocenters. The van der Waals surface area contributed by atoms with E-state index in [-0.39, 0.29) is 18.4 Å². The molecule has 0 rings (SSSR count). The zero-order valence-electron chi connectivity index (χ0n) is 9.46. The summed E-state index contributed by atoms with van der Waals surface area (Å²) in [5.74, 6) is 0.156. The number of methoxy groups -OCH3 is 1. The fourth-order valence-corrected chi connectivity index (χ4v) is 1.13. The van der Waals surface area contributed by atoms with Crippen LogP contribution in [0.4, 0.5) is 0 Å². The predicted molar refractivity (Wildman–Crippen MR) is 55.0 cm³/mol. The van der Waals surface area contributed by atoms with Gasteiger partial charge >= 0.3 is 0 Å². The smallest absolute Gasteiger partial charge is 0.220 e. The summed E-state index contributed by atoms with van der Waals surface area (Å²) >= 11 is 0. The number of hydrogen-bond donors (Lipinski definition) is 2. The van der Waals surface area contributed by atoms with E-state index >= 15 is 0 Å². The molecule has 1 amide bonds. The van der Waals surface area contributed by atoms with Gasteiger partial charge in [-0.15, -0.1) is 0 Å². The zero-order chi connectivity index (χ0) is 11.2. The van der Waals surface area contributed by atoms with Gasteiger partial charge in [0, 0.05) is 20.1 Å². The lowest BCUT2D eigenvalue weighted by atomic mass is 10.0. The molecule has 84 valence electrons. The monoisotopic (exact) mass is 203 g/mol. The van der Waals surface area contributed by atoms with Crippen LogP contribution in [0.25, 0.3) is 0 Å². The molecule has 14 heavy (non-hydrogen) atoms. The van der Waals surface area contributed by atoms with E-state index in [4.69, 9.17) is 9.84 Å². The lowest BCUT2D eigenvalue weighted by Crippen LogP contribution is -2.46. The third-order valence-corrected chi connectivity index (χ3v) is 1.86. The molecule has 0 aliphatic rings. The number of hydrogen-bond acceptors (Lipinski definition) is 3. The second kappa shape index (κ2) is 5.98. The van der Waals surface area contributed by atoms with E-state index < -0.39 is 5.54 Å². The maximum absolute atomic E-state index is 11.4. The number of carbonyl (C=O) groups excluding carboxylic acids is 1. The minimum Gasteiger partial charge on any atom is -0.394 e. The molecule has 0 spiro atoms. The lowest BCUT2D eigenvalue weighted by Gasteiger charge is -2.24. The van der Waals surface area contributed by atoms with E-state index in [2.05, 4.69) is 5.32 Å². The molecule has 0 aromatic rings. The van der Waals surface area contributed by atoms with Crippen molar-refractivity contribution in [2.45, 2.75) is 32.7 Å². The topological polar surface area (TPSA) is 58.6 Å². The van der Waals surface area contributed by atoms with Gasteiger partial charge in [0.2, 0.25) is 5.91 Å². The first-order valence-corrected chi connectivity index (χ1v) is 4.82. The van der Waals surface area contributed by atoms with Gasteiger partial charge in [0.25, 0.3) is 0 Å². The number of rotatable bonds is 6. The van der Waals surface area contributed by atoms with Crippen molar-refractivity contribution < 1.29 is 14.6 Å². The first-order valence-electron chi connectivity index (χ1n) is 4.82. The van der Waals surface area contributed by atoms with E-state index in [1.54, 1.807) is 21.0 Å². The summed E-state index contributed by atoms with van der Waals surface area (Å²) in [6.07, 6.45) is 0.428. The number of amides is 1. The van der Waals surface area contributed by atoms with Gasteiger partial charge < -0.3 is 15.2 Å².